The summed E-state index contributed by atoms with van der Waals surface area (Å²) in [4.78, 5) is 25.1. The van der Waals surface area contributed by atoms with E-state index in [1.165, 1.54) is 4.90 Å². The van der Waals surface area contributed by atoms with Crippen molar-refractivity contribution in [2.24, 2.45) is 0 Å². The maximum atomic E-state index is 13.5. The van der Waals surface area contributed by atoms with E-state index in [1.807, 2.05) is 0 Å². The lowest BCUT2D eigenvalue weighted by atomic mass is 10.1. The number of likely N-dealkylation sites (N-methyl/N-ethyl adjacent to an activating group) is 1. The van der Waals surface area contributed by atoms with E-state index in [4.69, 9.17) is 0 Å². The lowest BCUT2D eigenvalue weighted by Gasteiger charge is -2.11. The molecule has 4 nitrogen and oxygen atoms in total. The van der Waals surface area contributed by atoms with Crippen LogP contribution in [0.4, 0.5) is 14.5 Å². The zero-order chi connectivity index (χ0) is 17.0. The Balaban J connectivity index is 2.06. The molecule has 0 radical (unpaired) electrons. The van der Waals surface area contributed by atoms with Crippen LogP contribution in [-0.2, 0) is 11.2 Å². The Morgan fingerprint density at radius 3 is 2.26 bits per heavy atom. The zero-order valence-corrected chi connectivity index (χ0v) is 12.8. The number of carbonyl (C=O) groups is 2. The second kappa shape index (κ2) is 7.00. The highest BCUT2D eigenvalue weighted by Gasteiger charge is 2.13. The van der Waals surface area contributed by atoms with Gasteiger partial charge in [0.25, 0.3) is 5.91 Å². The Labute approximate surface area is 132 Å². The number of nitrogens with one attached hydrogen (secondary N) is 1. The second-order valence-corrected chi connectivity index (χ2v) is 5.24. The van der Waals surface area contributed by atoms with Crippen molar-refractivity contribution in [1.29, 1.82) is 0 Å². The lowest BCUT2D eigenvalue weighted by molar-refractivity contribution is -0.127. The van der Waals surface area contributed by atoms with Gasteiger partial charge in [-0.15, -0.1) is 0 Å². The highest BCUT2D eigenvalue weighted by molar-refractivity contribution is 6.04. The lowest BCUT2D eigenvalue weighted by Crippen LogP contribution is -2.23. The number of nitrogens with zero attached hydrogens (tertiary/aromatic N) is 1. The van der Waals surface area contributed by atoms with Crippen molar-refractivity contribution in [1.82, 2.24) is 4.90 Å². The highest BCUT2D eigenvalue weighted by Crippen LogP contribution is 2.15. The molecular formula is C17H16F2N2O2. The Hall–Kier alpha value is -2.76. The van der Waals surface area contributed by atoms with E-state index in [0.29, 0.717) is 11.8 Å². The van der Waals surface area contributed by atoms with Crippen molar-refractivity contribution in [2.45, 2.75) is 6.42 Å². The topological polar surface area (TPSA) is 49.4 Å². The summed E-state index contributed by atoms with van der Waals surface area (Å²) in [6.45, 7) is 0. The summed E-state index contributed by atoms with van der Waals surface area (Å²) in [5.74, 6) is -2.36. The summed E-state index contributed by atoms with van der Waals surface area (Å²) in [7, 11) is 3.35. The second-order valence-electron chi connectivity index (χ2n) is 5.24. The van der Waals surface area contributed by atoms with E-state index in [0.717, 1.165) is 17.7 Å². The molecule has 2 rings (SSSR count). The smallest absolute Gasteiger partial charge is 0.258 e. The first-order valence-electron chi connectivity index (χ1n) is 6.92. The van der Waals surface area contributed by atoms with Gasteiger partial charge in [0.1, 0.15) is 11.6 Å². The molecule has 120 valence electrons. The average Bonchev–Trinajstić information content (AvgIpc) is 2.48. The van der Waals surface area contributed by atoms with Gasteiger partial charge in [0.05, 0.1) is 12.0 Å². The Kier molecular flexibility index (Phi) is 5.05. The van der Waals surface area contributed by atoms with Crippen LogP contribution in [0, 0.1) is 11.6 Å². The third-order valence-electron chi connectivity index (χ3n) is 3.24. The molecule has 0 unspecified atom stereocenters. The first-order chi connectivity index (χ1) is 10.9. The molecule has 0 fully saturated rings. The van der Waals surface area contributed by atoms with Crippen LogP contribution in [0.25, 0.3) is 0 Å². The molecule has 6 heteroatoms. The van der Waals surface area contributed by atoms with E-state index in [1.54, 1.807) is 38.4 Å². The number of hydrogen-bond acceptors (Lipinski definition) is 2. The molecule has 0 aliphatic carbocycles. The van der Waals surface area contributed by atoms with E-state index in [9.17, 15) is 18.4 Å². The fraction of sp³-hybridized carbons (Fsp3) is 0.176. The molecule has 0 saturated carbocycles. The van der Waals surface area contributed by atoms with Gasteiger partial charge < -0.3 is 10.2 Å². The summed E-state index contributed by atoms with van der Waals surface area (Å²) >= 11 is 0. The predicted molar refractivity (Wildman–Crippen MR) is 83.2 cm³/mol. The third kappa shape index (κ3) is 4.35. The van der Waals surface area contributed by atoms with Crippen LogP contribution in [-0.4, -0.2) is 30.8 Å². The fourth-order valence-corrected chi connectivity index (χ4v) is 1.91. The third-order valence-corrected chi connectivity index (χ3v) is 3.24. The van der Waals surface area contributed by atoms with E-state index >= 15 is 0 Å². The first kappa shape index (κ1) is 16.6. The SMILES string of the molecule is CN(C)C(=O)Cc1ccc(NC(=O)c2ccc(F)cc2F)cc1. The molecule has 0 aromatic heterocycles. The molecule has 0 heterocycles. The molecule has 2 amide bonds. The molecule has 2 aromatic rings. The van der Waals surface area contributed by atoms with Crippen LogP contribution in [0.15, 0.2) is 42.5 Å². The normalized spacial score (nSPS) is 10.3. The van der Waals surface area contributed by atoms with Crippen molar-refractivity contribution in [2.75, 3.05) is 19.4 Å². The van der Waals surface area contributed by atoms with Gasteiger partial charge in [0, 0.05) is 25.8 Å². The largest absolute Gasteiger partial charge is 0.349 e. The summed E-state index contributed by atoms with van der Waals surface area (Å²) in [6.07, 6.45) is 0.258. The van der Waals surface area contributed by atoms with Gasteiger partial charge in [-0.05, 0) is 29.8 Å². The highest BCUT2D eigenvalue weighted by atomic mass is 19.1. The fourth-order valence-electron chi connectivity index (χ4n) is 1.91. The Morgan fingerprint density at radius 1 is 1.04 bits per heavy atom. The van der Waals surface area contributed by atoms with Crippen LogP contribution < -0.4 is 5.32 Å². The van der Waals surface area contributed by atoms with Crippen molar-refractivity contribution in [3.05, 3.63) is 65.2 Å². The molecule has 0 atom stereocenters. The summed E-state index contributed by atoms with van der Waals surface area (Å²) < 4.78 is 26.4. The summed E-state index contributed by atoms with van der Waals surface area (Å²) in [5.41, 5.74) is 1.02. The standard InChI is InChI=1S/C17H16F2N2O2/c1-21(2)16(22)9-11-3-6-13(7-4-11)20-17(23)14-8-5-12(18)10-15(14)19/h3-8,10H,9H2,1-2H3,(H,20,23). The molecule has 0 aliphatic rings. The van der Waals surface area contributed by atoms with Gasteiger partial charge in [-0.1, -0.05) is 12.1 Å². The van der Waals surface area contributed by atoms with Crippen LogP contribution in [0.1, 0.15) is 15.9 Å². The van der Waals surface area contributed by atoms with E-state index in [-0.39, 0.29) is 17.9 Å². The number of hydrogen-bond donors (Lipinski definition) is 1. The monoisotopic (exact) mass is 318 g/mol. The Bertz CT molecular complexity index is 728. The molecule has 1 N–H and O–H groups in total. The van der Waals surface area contributed by atoms with Crippen molar-refractivity contribution in [3.63, 3.8) is 0 Å². The molecule has 0 bridgehead atoms. The molecular weight excluding hydrogens is 302 g/mol. The number of anilines is 1. The van der Waals surface area contributed by atoms with Crippen molar-refractivity contribution >= 4 is 17.5 Å². The van der Waals surface area contributed by atoms with Gasteiger partial charge in [-0.25, -0.2) is 8.78 Å². The molecule has 0 spiro atoms. The van der Waals surface area contributed by atoms with Gasteiger partial charge in [-0.3, -0.25) is 9.59 Å². The first-order valence-corrected chi connectivity index (χ1v) is 6.92. The maximum absolute atomic E-state index is 13.5. The van der Waals surface area contributed by atoms with Gasteiger partial charge in [0.15, 0.2) is 0 Å². The molecule has 0 aliphatic heterocycles. The zero-order valence-electron chi connectivity index (χ0n) is 12.8. The molecule has 23 heavy (non-hydrogen) atoms. The summed E-state index contributed by atoms with van der Waals surface area (Å²) in [6, 6.07) is 9.42. The molecule has 2 aromatic carbocycles. The summed E-state index contributed by atoms with van der Waals surface area (Å²) in [5, 5.41) is 2.53. The van der Waals surface area contributed by atoms with Crippen molar-refractivity contribution in [3.8, 4) is 0 Å². The van der Waals surface area contributed by atoms with Gasteiger partial charge in [-0.2, -0.15) is 0 Å². The molecule has 0 saturated heterocycles. The minimum absolute atomic E-state index is 0.0323. The van der Waals surface area contributed by atoms with Crippen LogP contribution in [0.3, 0.4) is 0 Å². The van der Waals surface area contributed by atoms with E-state index in [2.05, 4.69) is 5.32 Å². The Morgan fingerprint density at radius 2 is 1.70 bits per heavy atom. The predicted octanol–water partition coefficient (Wildman–Crippen LogP) is 2.85. The van der Waals surface area contributed by atoms with Crippen molar-refractivity contribution < 1.29 is 18.4 Å². The number of carbonyl (C=O) groups excluding carboxylic acids is 2. The van der Waals surface area contributed by atoms with Gasteiger partial charge in [0.2, 0.25) is 5.91 Å². The van der Waals surface area contributed by atoms with Crippen LogP contribution in [0.2, 0.25) is 0 Å². The number of benzene rings is 2. The minimum atomic E-state index is -0.921. The van der Waals surface area contributed by atoms with Crippen LogP contribution >= 0.6 is 0 Å². The van der Waals surface area contributed by atoms with Gasteiger partial charge >= 0.3 is 0 Å². The van der Waals surface area contributed by atoms with Crippen LogP contribution in [0.5, 0.6) is 0 Å². The number of rotatable bonds is 4. The van der Waals surface area contributed by atoms with E-state index < -0.39 is 17.5 Å². The number of amides is 2. The minimum Gasteiger partial charge on any atom is -0.349 e. The number of halogens is 2. The quantitative estimate of drug-likeness (QED) is 0.942. The maximum Gasteiger partial charge on any atom is 0.258 e. The average molecular weight is 318 g/mol.